The van der Waals surface area contributed by atoms with E-state index in [0.29, 0.717) is 31.5 Å². The number of rotatable bonds is 4. The smallest absolute Gasteiger partial charge is 0.253 e. The van der Waals surface area contributed by atoms with E-state index in [2.05, 4.69) is 17.0 Å². The number of hydrogen-bond acceptors (Lipinski definition) is 4. The van der Waals surface area contributed by atoms with Gasteiger partial charge < -0.3 is 14.7 Å². The van der Waals surface area contributed by atoms with Crippen molar-refractivity contribution in [3.63, 3.8) is 0 Å². The number of piperazine rings is 1. The summed E-state index contributed by atoms with van der Waals surface area (Å²) in [6, 6.07) is 18.1. The van der Waals surface area contributed by atoms with Crippen LogP contribution in [0, 0.1) is 0 Å². The summed E-state index contributed by atoms with van der Waals surface area (Å²) in [5.74, 6) is 0.237. The standard InChI is InChI=1S/C25H32N4O2/c1-26(2)22-11-7-10-21(18-22)23(30)28-14-12-25(13-15-28)24(31)27(3)16-17-29(25)19-20-8-5-4-6-9-20/h4-11,18H,12-17,19H2,1-3H3. The monoisotopic (exact) mass is 420 g/mol. The zero-order valence-corrected chi connectivity index (χ0v) is 18.8. The average Bonchev–Trinajstić information content (AvgIpc) is 2.80. The Morgan fingerprint density at radius 3 is 2.35 bits per heavy atom. The molecule has 2 amide bonds. The Morgan fingerprint density at radius 1 is 0.968 bits per heavy atom. The van der Waals surface area contributed by atoms with Gasteiger partial charge in [0.05, 0.1) is 0 Å². The molecule has 1 spiro atoms. The fraction of sp³-hybridized carbons (Fsp3) is 0.440. The average molecular weight is 421 g/mol. The van der Waals surface area contributed by atoms with Gasteiger partial charge in [0.25, 0.3) is 5.91 Å². The van der Waals surface area contributed by atoms with Gasteiger partial charge in [-0.3, -0.25) is 14.5 Å². The van der Waals surface area contributed by atoms with Crippen LogP contribution >= 0.6 is 0 Å². The minimum atomic E-state index is -0.523. The molecular formula is C25H32N4O2. The molecule has 6 nitrogen and oxygen atoms in total. The Hall–Kier alpha value is -2.86. The maximum Gasteiger partial charge on any atom is 0.253 e. The molecule has 0 aromatic heterocycles. The molecule has 0 atom stereocenters. The Balaban J connectivity index is 1.51. The van der Waals surface area contributed by atoms with Crippen LogP contribution in [0.5, 0.6) is 0 Å². The van der Waals surface area contributed by atoms with Crippen molar-refractivity contribution < 1.29 is 9.59 Å². The van der Waals surface area contributed by atoms with Crippen molar-refractivity contribution in [2.45, 2.75) is 24.9 Å². The Bertz CT molecular complexity index is 936. The van der Waals surface area contributed by atoms with E-state index in [1.807, 2.05) is 78.3 Å². The van der Waals surface area contributed by atoms with Gasteiger partial charge in [0.15, 0.2) is 0 Å². The van der Waals surface area contributed by atoms with E-state index in [1.54, 1.807) is 0 Å². The molecule has 164 valence electrons. The van der Waals surface area contributed by atoms with Crippen LogP contribution in [0.25, 0.3) is 0 Å². The van der Waals surface area contributed by atoms with Gasteiger partial charge in [0.1, 0.15) is 5.54 Å². The second-order valence-corrected chi connectivity index (χ2v) is 8.90. The molecule has 31 heavy (non-hydrogen) atoms. The highest BCUT2D eigenvalue weighted by Gasteiger charge is 2.50. The molecule has 0 N–H and O–H groups in total. The minimum absolute atomic E-state index is 0.0461. The first-order chi connectivity index (χ1) is 14.9. The fourth-order valence-electron chi connectivity index (χ4n) is 4.82. The lowest BCUT2D eigenvalue weighted by molar-refractivity contribution is -0.154. The van der Waals surface area contributed by atoms with Crippen LogP contribution in [0.1, 0.15) is 28.8 Å². The molecule has 2 aliphatic rings. The van der Waals surface area contributed by atoms with Gasteiger partial charge in [-0.15, -0.1) is 0 Å². The van der Waals surface area contributed by atoms with Gasteiger partial charge in [0, 0.05) is 65.1 Å². The van der Waals surface area contributed by atoms with Crippen LogP contribution in [-0.4, -0.2) is 79.4 Å². The molecule has 0 saturated carbocycles. The summed E-state index contributed by atoms with van der Waals surface area (Å²) in [5, 5.41) is 0. The number of nitrogens with zero attached hydrogens (tertiary/aromatic N) is 4. The van der Waals surface area contributed by atoms with Gasteiger partial charge in [-0.1, -0.05) is 36.4 Å². The summed E-state index contributed by atoms with van der Waals surface area (Å²) < 4.78 is 0. The lowest BCUT2D eigenvalue weighted by atomic mass is 9.82. The third-order valence-corrected chi connectivity index (χ3v) is 6.76. The van der Waals surface area contributed by atoms with Crippen molar-refractivity contribution in [1.82, 2.24) is 14.7 Å². The molecule has 2 aromatic carbocycles. The van der Waals surface area contributed by atoms with Crippen LogP contribution in [0.4, 0.5) is 5.69 Å². The van der Waals surface area contributed by atoms with Gasteiger partial charge in [-0.05, 0) is 36.6 Å². The number of amides is 2. The predicted octanol–water partition coefficient (Wildman–Crippen LogP) is 2.70. The van der Waals surface area contributed by atoms with E-state index in [9.17, 15) is 9.59 Å². The van der Waals surface area contributed by atoms with Crippen LogP contribution in [0.2, 0.25) is 0 Å². The molecule has 2 aliphatic heterocycles. The molecule has 6 heteroatoms. The summed E-state index contributed by atoms with van der Waals surface area (Å²) in [5.41, 5.74) is 2.41. The van der Waals surface area contributed by atoms with Crippen LogP contribution < -0.4 is 4.90 Å². The van der Waals surface area contributed by atoms with Gasteiger partial charge in [0.2, 0.25) is 5.91 Å². The first kappa shape index (κ1) is 21.4. The lowest BCUT2D eigenvalue weighted by Crippen LogP contribution is -2.68. The van der Waals surface area contributed by atoms with Crippen molar-refractivity contribution in [3.05, 3.63) is 65.7 Å². The van der Waals surface area contributed by atoms with E-state index < -0.39 is 5.54 Å². The molecule has 0 radical (unpaired) electrons. The van der Waals surface area contributed by atoms with E-state index in [4.69, 9.17) is 0 Å². The SMILES string of the molecule is CN1CCN(Cc2ccccc2)C2(CCN(C(=O)c3cccc(N(C)C)c3)CC2)C1=O. The number of likely N-dealkylation sites (tertiary alicyclic amines) is 1. The summed E-state index contributed by atoms with van der Waals surface area (Å²) in [4.78, 5) is 34.6. The number of carbonyl (C=O) groups excluding carboxylic acids is 2. The number of anilines is 1. The molecule has 2 aromatic rings. The molecular weight excluding hydrogens is 388 g/mol. The topological polar surface area (TPSA) is 47.1 Å². The Morgan fingerprint density at radius 2 is 1.68 bits per heavy atom. The van der Waals surface area contributed by atoms with Crippen molar-refractivity contribution in [3.8, 4) is 0 Å². The van der Waals surface area contributed by atoms with E-state index in [0.717, 1.165) is 25.3 Å². The third kappa shape index (κ3) is 4.17. The second kappa shape index (κ2) is 8.71. The van der Waals surface area contributed by atoms with Crippen molar-refractivity contribution in [2.75, 3.05) is 52.2 Å². The largest absolute Gasteiger partial charge is 0.378 e. The van der Waals surface area contributed by atoms with Gasteiger partial charge in [-0.2, -0.15) is 0 Å². The number of piperidine rings is 1. The third-order valence-electron chi connectivity index (χ3n) is 6.76. The summed E-state index contributed by atoms with van der Waals surface area (Å²) in [6.07, 6.45) is 1.34. The van der Waals surface area contributed by atoms with Crippen LogP contribution in [0.3, 0.4) is 0 Å². The van der Waals surface area contributed by atoms with Gasteiger partial charge >= 0.3 is 0 Å². The fourth-order valence-corrected chi connectivity index (χ4v) is 4.82. The van der Waals surface area contributed by atoms with E-state index in [1.165, 1.54) is 5.56 Å². The van der Waals surface area contributed by atoms with Crippen LogP contribution in [-0.2, 0) is 11.3 Å². The normalized spacial score (nSPS) is 19.0. The predicted molar refractivity (Wildman–Crippen MR) is 123 cm³/mol. The number of hydrogen-bond donors (Lipinski definition) is 0. The quantitative estimate of drug-likeness (QED) is 0.763. The molecule has 0 aliphatic carbocycles. The molecule has 4 rings (SSSR count). The van der Waals surface area contributed by atoms with E-state index in [-0.39, 0.29) is 11.8 Å². The number of likely N-dealkylation sites (N-methyl/N-ethyl adjacent to an activating group) is 1. The molecule has 2 heterocycles. The zero-order chi connectivity index (χ0) is 22.0. The van der Waals surface area contributed by atoms with Crippen molar-refractivity contribution in [2.24, 2.45) is 0 Å². The second-order valence-electron chi connectivity index (χ2n) is 8.90. The number of carbonyl (C=O) groups is 2. The van der Waals surface area contributed by atoms with E-state index >= 15 is 0 Å². The van der Waals surface area contributed by atoms with Crippen molar-refractivity contribution >= 4 is 17.5 Å². The van der Waals surface area contributed by atoms with Crippen molar-refractivity contribution in [1.29, 1.82) is 0 Å². The molecule has 0 unspecified atom stereocenters. The molecule has 2 fully saturated rings. The van der Waals surface area contributed by atoms with Crippen LogP contribution in [0.15, 0.2) is 54.6 Å². The van der Waals surface area contributed by atoms with Gasteiger partial charge in [-0.25, -0.2) is 0 Å². The Kier molecular flexibility index (Phi) is 6.01. The summed E-state index contributed by atoms with van der Waals surface area (Å²) in [7, 11) is 5.84. The maximum atomic E-state index is 13.3. The molecule has 0 bridgehead atoms. The maximum absolute atomic E-state index is 13.3. The highest BCUT2D eigenvalue weighted by Crippen LogP contribution is 2.35. The highest BCUT2D eigenvalue weighted by molar-refractivity contribution is 5.95. The number of benzene rings is 2. The zero-order valence-electron chi connectivity index (χ0n) is 18.8. The first-order valence-corrected chi connectivity index (χ1v) is 11.0. The Labute approximate surface area is 185 Å². The molecule has 2 saturated heterocycles. The summed E-state index contributed by atoms with van der Waals surface area (Å²) >= 11 is 0. The minimum Gasteiger partial charge on any atom is -0.378 e. The summed E-state index contributed by atoms with van der Waals surface area (Å²) in [6.45, 7) is 3.55. The highest BCUT2D eigenvalue weighted by atomic mass is 16.2. The first-order valence-electron chi connectivity index (χ1n) is 11.0. The lowest BCUT2D eigenvalue weighted by Gasteiger charge is -2.52.